The molecule has 0 aliphatic heterocycles. The van der Waals surface area contributed by atoms with Crippen molar-refractivity contribution in [3.63, 3.8) is 0 Å². The zero-order valence-corrected chi connectivity index (χ0v) is 16.5. The molecule has 1 aromatic carbocycles. The third-order valence-corrected chi connectivity index (χ3v) is 5.28. The number of rotatable bonds is 9. The minimum absolute atomic E-state index is 0.0267. The van der Waals surface area contributed by atoms with E-state index in [2.05, 4.69) is 10.6 Å². The summed E-state index contributed by atoms with van der Waals surface area (Å²) in [6.07, 6.45) is 6.37. The van der Waals surface area contributed by atoms with Crippen LogP contribution in [0.4, 0.5) is 4.79 Å². The fraction of sp³-hybridized carbons (Fsp3) is 0.571. The van der Waals surface area contributed by atoms with Gasteiger partial charge in [0.25, 0.3) is 0 Å². The molecule has 0 saturated heterocycles. The van der Waals surface area contributed by atoms with E-state index in [0.717, 1.165) is 31.2 Å². The van der Waals surface area contributed by atoms with Crippen molar-refractivity contribution >= 4 is 17.9 Å². The fourth-order valence-electron chi connectivity index (χ4n) is 3.61. The van der Waals surface area contributed by atoms with Crippen LogP contribution in [0.15, 0.2) is 30.3 Å². The molecule has 1 aliphatic rings. The maximum atomic E-state index is 12.3. The number of benzene rings is 1. The Labute approximate surface area is 166 Å². The van der Waals surface area contributed by atoms with Crippen molar-refractivity contribution in [3.8, 4) is 0 Å². The number of carboxylic acid groups (broad SMARTS) is 1. The van der Waals surface area contributed by atoms with Gasteiger partial charge < -0.3 is 20.6 Å². The van der Waals surface area contributed by atoms with Crippen LogP contribution in [-0.2, 0) is 16.0 Å². The molecule has 1 unspecified atom stereocenters. The van der Waals surface area contributed by atoms with E-state index in [-0.39, 0.29) is 31.0 Å². The van der Waals surface area contributed by atoms with Crippen molar-refractivity contribution in [2.45, 2.75) is 63.5 Å². The maximum absolute atomic E-state index is 12.3. The van der Waals surface area contributed by atoms with Gasteiger partial charge >= 0.3 is 12.0 Å². The van der Waals surface area contributed by atoms with E-state index < -0.39 is 12.0 Å². The summed E-state index contributed by atoms with van der Waals surface area (Å²) in [5.41, 5.74) is 1.02. The summed E-state index contributed by atoms with van der Waals surface area (Å²) < 4.78 is 0. The van der Waals surface area contributed by atoms with Gasteiger partial charge in [0.1, 0.15) is 0 Å². The zero-order valence-electron chi connectivity index (χ0n) is 16.5. The fourth-order valence-corrected chi connectivity index (χ4v) is 3.61. The predicted molar refractivity (Wildman–Crippen MR) is 107 cm³/mol. The van der Waals surface area contributed by atoms with E-state index in [1.807, 2.05) is 30.3 Å². The van der Waals surface area contributed by atoms with Crippen LogP contribution in [0.5, 0.6) is 0 Å². The first-order valence-electron chi connectivity index (χ1n) is 10.0. The lowest BCUT2D eigenvalue weighted by Crippen LogP contribution is -2.48. The molecule has 1 aliphatic carbocycles. The molecule has 0 bridgehead atoms. The minimum atomic E-state index is -0.899. The van der Waals surface area contributed by atoms with Crippen molar-refractivity contribution in [2.24, 2.45) is 0 Å². The number of carbonyl (C=O) groups is 3. The van der Waals surface area contributed by atoms with Gasteiger partial charge in [0.15, 0.2) is 0 Å². The number of nitrogens with one attached hydrogen (secondary N) is 2. The molecular formula is C21H31N3O4. The van der Waals surface area contributed by atoms with Gasteiger partial charge in [-0.05, 0) is 31.2 Å². The van der Waals surface area contributed by atoms with E-state index in [1.54, 1.807) is 11.9 Å². The SMILES string of the molecule is CN(C(=O)CNC(=O)NC(CCC(=O)O)Cc1ccccc1)C1CCCCC1. The molecule has 1 atom stereocenters. The van der Waals surface area contributed by atoms with Gasteiger partial charge in [-0.1, -0.05) is 49.6 Å². The smallest absolute Gasteiger partial charge is 0.315 e. The summed E-state index contributed by atoms with van der Waals surface area (Å²) in [4.78, 5) is 37.2. The molecule has 1 fully saturated rings. The van der Waals surface area contributed by atoms with Gasteiger partial charge in [0.2, 0.25) is 5.91 Å². The molecule has 3 amide bonds. The summed E-state index contributed by atoms with van der Waals surface area (Å²) in [6, 6.07) is 9.09. The quantitative estimate of drug-likeness (QED) is 0.604. The molecular weight excluding hydrogens is 358 g/mol. The Morgan fingerprint density at radius 1 is 1.14 bits per heavy atom. The molecule has 0 radical (unpaired) electrons. The number of hydrogen-bond acceptors (Lipinski definition) is 3. The number of carbonyl (C=O) groups excluding carboxylic acids is 2. The van der Waals surface area contributed by atoms with Crippen LogP contribution in [0.3, 0.4) is 0 Å². The van der Waals surface area contributed by atoms with Crippen LogP contribution >= 0.6 is 0 Å². The van der Waals surface area contributed by atoms with E-state index in [1.165, 1.54) is 6.42 Å². The second-order valence-electron chi connectivity index (χ2n) is 7.44. The highest BCUT2D eigenvalue weighted by atomic mass is 16.4. The van der Waals surface area contributed by atoms with Crippen molar-refractivity contribution in [2.75, 3.05) is 13.6 Å². The monoisotopic (exact) mass is 389 g/mol. The summed E-state index contributed by atoms with van der Waals surface area (Å²) in [5, 5.41) is 14.4. The van der Waals surface area contributed by atoms with E-state index in [9.17, 15) is 14.4 Å². The zero-order chi connectivity index (χ0) is 20.4. The van der Waals surface area contributed by atoms with Gasteiger partial charge in [0, 0.05) is 25.6 Å². The van der Waals surface area contributed by atoms with E-state index >= 15 is 0 Å². The van der Waals surface area contributed by atoms with Crippen molar-refractivity contribution in [1.82, 2.24) is 15.5 Å². The lowest BCUT2D eigenvalue weighted by molar-refractivity contribution is -0.137. The third-order valence-electron chi connectivity index (χ3n) is 5.28. The third kappa shape index (κ3) is 7.58. The van der Waals surface area contributed by atoms with Crippen LogP contribution in [0.2, 0.25) is 0 Å². The van der Waals surface area contributed by atoms with Gasteiger partial charge in [-0.3, -0.25) is 9.59 Å². The Hall–Kier alpha value is -2.57. The first kappa shape index (κ1) is 21.7. The number of amides is 3. The highest BCUT2D eigenvalue weighted by Crippen LogP contribution is 2.21. The second kappa shape index (κ2) is 11.3. The number of nitrogens with zero attached hydrogens (tertiary/aromatic N) is 1. The molecule has 154 valence electrons. The highest BCUT2D eigenvalue weighted by molar-refractivity contribution is 5.84. The topological polar surface area (TPSA) is 98.7 Å². The molecule has 3 N–H and O–H groups in total. The summed E-state index contributed by atoms with van der Waals surface area (Å²) in [5.74, 6) is -1.00. The van der Waals surface area contributed by atoms with Crippen LogP contribution in [-0.4, -0.2) is 53.6 Å². The van der Waals surface area contributed by atoms with Crippen LogP contribution < -0.4 is 10.6 Å². The normalized spacial score (nSPS) is 15.5. The standard InChI is InChI=1S/C21H31N3O4/c1-24(18-10-6-3-7-11-18)19(25)15-22-21(28)23-17(12-13-20(26)27)14-16-8-4-2-5-9-16/h2,4-5,8-9,17-18H,3,6-7,10-15H2,1H3,(H,26,27)(H2,22,23,28). The summed E-state index contributed by atoms with van der Waals surface area (Å²) in [7, 11) is 1.79. The number of hydrogen-bond donors (Lipinski definition) is 3. The van der Waals surface area contributed by atoms with Gasteiger partial charge in [0.05, 0.1) is 6.54 Å². The Morgan fingerprint density at radius 2 is 1.82 bits per heavy atom. The Bertz CT molecular complexity index is 644. The second-order valence-corrected chi connectivity index (χ2v) is 7.44. The number of carboxylic acids is 1. The summed E-state index contributed by atoms with van der Waals surface area (Å²) >= 11 is 0. The van der Waals surface area contributed by atoms with Crippen molar-refractivity contribution in [3.05, 3.63) is 35.9 Å². The Kier molecular flexibility index (Phi) is 8.78. The Balaban J connectivity index is 1.82. The molecule has 0 heterocycles. The van der Waals surface area contributed by atoms with Gasteiger partial charge in [-0.15, -0.1) is 0 Å². The van der Waals surface area contributed by atoms with Crippen LogP contribution in [0.1, 0.15) is 50.5 Å². The van der Waals surface area contributed by atoms with E-state index in [4.69, 9.17) is 5.11 Å². The van der Waals surface area contributed by atoms with Crippen LogP contribution in [0, 0.1) is 0 Å². The Morgan fingerprint density at radius 3 is 2.46 bits per heavy atom. The van der Waals surface area contributed by atoms with Gasteiger partial charge in [-0.25, -0.2) is 4.79 Å². The molecule has 0 aromatic heterocycles. The molecule has 2 rings (SSSR count). The van der Waals surface area contributed by atoms with Gasteiger partial charge in [-0.2, -0.15) is 0 Å². The molecule has 1 aromatic rings. The maximum Gasteiger partial charge on any atom is 0.315 e. The minimum Gasteiger partial charge on any atom is -0.481 e. The lowest BCUT2D eigenvalue weighted by Gasteiger charge is -2.31. The molecule has 0 spiro atoms. The molecule has 7 heteroatoms. The number of urea groups is 1. The first-order valence-corrected chi connectivity index (χ1v) is 10.0. The van der Waals surface area contributed by atoms with E-state index in [0.29, 0.717) is 12.8 Å². The van der Waals surface area contributed by atoms with Crippen LogP contribution in [0.25, 0.3) is 0 Å². The average Bonchev–Trinajstić information content (AvgIpc) is 2.71. The number of aliphatic carboxylic acids is 1. The predicted octanol–water partition coefficient (Wildman–Crippen LogP) is 2.55. The molecule has 28 heavy (non-hydrogen) atoms. The van der Waals surface area contributed by atoms with Crippen molar-refractivity contribution < 1.29 is 19.5 Å². The average molecular weight is 389 g/mol. The van der Waals surface area contributed by atoms with Crippen molar-refractivity contribution in [1.29, 1.82) is 0 Å². The highest BCUT2D eigenvalue weighted by Gasteiger charge is 2.22. The first-order chi connectivity index (χ1) is 13.5. The number of likely N-dealkylation sites (N-methyl/N-ethyl adjacent to an activating group) is 1. The molecule has 7 nitrogen and oxygen atoms in total. The summed E-state index contributed by atoms with van der Waals surface area (Å²) in [6.45, 7) is -0.0597. The largest absolute Gasteiger partial charge is 0.481 e. The lowest BCUT2D eigenvalue weighted by atomic mass is 9.94. The molecule has 1 saturated carbocycles.